The highest BCUT2D eigenvalue weighted by Gasteiger charge is 2.18. The van der Waals surface area contributed by atoms with E-state index in [4.69, 9.17) is 21.0 Å². The number of aromatic nitrogens is 1. The lowest BCUT2D eigenvalue weighted by Crippen LogP contribution is -2.11. The fraction of sp³-hybridized carbons (Fsp3) is 0.108. The molecule has 1 aromatic heterocycles. The zero-order valence-electron chi connectivity index (χ0n) is 23.7. The minimum Gasteiger partial charge on any atom is -0.507 e. The molecule has 5 aromatic carbocycles. The third kappa shape index (κ3) is 5.31. The van der Waals surface area contributed by atoms with Crippen LogP contribution in [0.4, 0.5) is 11.4 Å². The van der Waals surface area contributed by atoms with E-state index in [9.17, 15) is 5.11 Å². The molecule has 0 fully saturated rings. The van der Waals surface area contributed by atoms with Gasteiger partial charge in [0.05, 0.1) is 17.8 Å². The van der Waals surface area contributed by atoms with Gasteiger partial charge in [0.2, 0.25) is 5.89 Å². The zero-order chi connectivity index (χ0) is 29.3. The van der Waals surface area contributed by atoms with Gasteiger partial charge in [-0.1, -0.05) is 93.6 Å². The highest BCUT2D eigenvalue weighted by Crippen LogP contribution is 2.39. The Morgan fingerprint density at radius 2 is 1.52 bits per heavy atom. The second-order valence-corrected chi connectivity index (χ2v) is 11.2. The number of oxazole rings is 1. The van der Waals surface area contributed by atoms with Crippen LogP contribution in [0.1, 0.15) is 31.9 Å². The average Bonchev–Trinajstić information content (AvgIpc) is 3.44. The van der Waals surface area contributed by atoms with Crippen LogP contribution in [-0.4, -0.2) is 16.3 Å². The van der Waals surface area contributed by atoms with E-state index in [2.05, 4.69) is 43.8 Å². The van der Waals surface area contributed by atoms with Gasteiger partial charge in [-0.15, -0.1) is 0 Å². The number of rotatable bonds is 5. The van der Waals surface area contributed by atoms with Gasteiger partial charge in [0.15, 0.2) is 11.3 Å². The van der Waals surface area contributed by atoms with E-state index in [1.807, 2.05) is 84.9 Å². The number of hydrogen-bond donors (Lipinski definition) is 1. The standard InChI is InChI=1S/C37H29N3O2/c1-37(2,3)28-16-19-33(41)27(20-28)23-39-32-13-9-8-12-30(32)36-40-35-31(25-10-6-5-7-11-25)21-26(22-34(35)42-36)24-14-17-29(38-4)18-15-24/h5-23,41H,1-3H3. The summed E-state index contributed by atoms with van der Waals surface area (Å²) < 4.78 is 6.42. The molecule has 6 rings (SSSR count). The summed E-state index contributed by atoms with van der Waals surface area (Å²) in [5, 5.41) is 10.5. The van der Waals surface area contributed by atoms with Crippen molar-refractivity contribution in [1.29, 1.82) is 0 Å². The molecule has 0 saturated heterocycles. The first-order valence-corrected chi connectivity index (χ1v) is 13.7. The fourth-order valence-corrected chi connectivity index (χ4v) is 4.91. The van der Waals surface area contributed by atoms with Crippen molar-refractivity contribution < 1.29 is 9.52 Å². The van der Waals surface area contributed by atoms with Crippen molar-refractivity contribution in [3.63, 3.8) is 0 Å². The van der Waals surface area contributed by atoms with Crippen LogP contribution in [-0.2, 0) is 5.41 Å². The van der Waals surface area contributed by atoms with Crippen LogP contribution in [0, 0.1) is 6.57 Å². The Bertz CT molecular complexity index is 1970. The van der Waals surface area contributed by atoms with Crippen LogP contribution < -0.4 is 0 Å². The molecule has 6 aromatic rings. The smallest absolute Gasteiger partial charge is 0.229 e. The lowest BCUT2D eigenvalue weighted by atomic mass is 9.86. The van der Waals surface area contributed by atoms with E-state index in [-0.39, 0.29) is 11.2 Å². The molecule has 0 aliphatic heterocycles. The fourth-order valence-electron chi connectivity index (χ4n) is 4.91. The van der Waals surface area contributed by atoms with Gasteiger partial charge in [0.1, 0.15) is 11.3 Å². The first-order chi connectivity index (χ1) is 20.3. The van der Waals surface area contributed by atoms with Gasteiger partial charge in [0, 0.05) is 17.3 Å². The Morgan fingerprint density at radius 3 is 2.26 bits per heavy atom. The van der Waals surface area contributed by atoms with E-state index in [1.165, 1.54) is 0 Å². The van der Waals surface area contributed by atoms with Gasteiger partial charge in [0.25, 0.3) is 0 Å². The van der Waals surface area contributed by atoms with Crippen LogP contribution in [0.3, 0.4) is 0 Å². The molecule has 0 atom stereocenters. The molecule has 204 valence electrons. The van der Waals surface area contributed by atoms with Gasteiger partial charge in [-0.25, -0.2) is 9.83 Å². The molecule has 5 nitrogen and oxygen atoms in total. The van der Waals surface area contributed by atoms with Crippen molar-refractivity contribution in [1.82, 2.24) is 4.98 Å². The summed E-state index contributed by atoms with van der Waals surface area (Å²) in [4.78, 5) is 13.2. The van der Waals surface area contributed by atoms with Crippen LogP contribution >= 0.6 is 0 Å². The Hall–Kier alpha value is -5.47. The Labute approximate surface area is 245 Å². The molecule has 42 heavy (non-hydrogen) atoms. The number of fused-ring (bicyclic) bond motifs is 1. The van der Waals surface area contributed by atoms with Gasteiger partial charge in [-0.05, 0) is 64.1 Å². The Balaban J connectivity index is 1.46. The average molecular weight is 548 g/mol. The molecule has 0 spiro atoms. The molecule has 0 bridgehead atoms. The van der Waals surface area contributed by atoms with Crippen molar-refractivity contribution in [2.24, 2.45) is 4.99 Å². The normalized spacial score (nSPS) is 11.7. The maximum Gasteiger partial charge on any atom is 0.229 e. The summed E-state index contributed by atoms with van der Waals surface area (Å²) in [6.45, 7) is 13.7. The first kappa shape index (κ1) is 26.7. The van der Waals surface area contributed by atoms with Gasteiger partial charge >= 0.3 is 0 Å². The van der Waals surface area contributed by atoms with E-state index in [1.54, 1.807) is 12.3 Å². The van der Waals surface area contributed by atoms with Crippen LogP contribution in [0.2, 0.25) is 0 Å². The van der Waals surface area contributed by atoms with E-state index < -0.39 is 0 Å². The third-order valence-electron chi connectivity index (χ3n) is 7.28. The first-order valence-electron chi connectivity index (χ1n) is 13.7. The van der Waals surface area contributed by atoms with Crippen molar-refractivity contribution in [2.45, 2.75) is 26.2 Å². The molecule has 0 unspecified atom stereocenters. The van der Waals surface area contributed by atoms with Crippen molar-refractivity contribution >= 4 is 28.7 Å². The molecule has 0 aliphatic carbocycles. The van der Waals surface area contributed by atoms with Gasteiger partial charge < -0.3 is 9.52 Å². The Morgan fingerprint density at radius 1 is 0.786 bits per heavy atom. The lowest BCUT2D eigenvalue weighted by molar-refractivity contribution is 0.473. The van der Waals surface area contributed by atoms with Crippen molar-refractivity contribution in [2.75, 3.05) is 0 Å². The summed E-state index contributed by atoms with van der Waals surface area (Å²) in [6, 6.07) is 35.1. The highest BCUT2D eigenvalue weighted by atomic mass is 16.3. The topological polar surface area (TPSA) is 63.0 Å². The predicted octanol–water partition coefficient (Wildman–Crippen LogP) is 10.1. The largest absolute Gasteiger partial charge is 0.507 e. The maximum atomic E-state index is 10.5. The van der Waals surface area contributed by atoms with Crippen molar-refractivity contribution in [3.05, 3.63) is 132 Å². The molecule has 0 aliphatic rings. The molecule has 1 heterocycles. The number of aliphatic imine (C=N–C) groups is 1. The minimum absolute atomic E-state index is 0.0549. The molecule has 1 N–H and O–H groups in total. The third-order valence-corrected chi connectivity index (χ3v) is 7.28. The number of hydrogen-bond acceptors (Lipinski definition) is 4. The molecule has 0 saturated carbocycles. The molecule has 5 heteroatoms. The van der Waals surface area contributed by atoms with Crippen LogP contribution in [0.5, 0.6) is 5.75 Å². The maximum absolute atomic E-state index is 10.5. The summed E-state index contributed by atoms with van der Waals surface area (Å²) in [7, 11) is 0. The molecular formula is C37H29N3O2. The number of aromatic hydroxyl groups is 1. The van der Waals surface area contributed by atoms with Crippen molar-refractivity contribution in [3.8, 4) is 39.5 Å². The lowest BCUT2D eigenvalue weighted by Gasteiger charge is -2.19. The number of nitrogens with zero attached hydrogens (tertiary/aromatic N) is 3. The highest BCUT2D eigenvalue weighted by molar-refractivity contribution is 5.97. The SMILES string of the molecule is [C-]#[N+]c1ccc(-c2cc(-c3ccccc3)c3nc(-c4ccccc4N=Cc4cc(C(C)(C)C)ccc4O)oc3c2)cc1. The van der Waals surface area contributed by atoms with Crippen LogP contribution in [0.25, 0.3) is 49.7 Å². The monoisotopic (exact) mass is 547 g/mol. The molecule has 0 amide bonds. The Kier molecular flexibility index (Phi) is 6.90. The van der Waals surface area contributed by atoms with Gasteiger partial charge in [-0.2, -0.15) is 0 Å². The molecular weight excluding hydrogens is 518 g/mol. The van der Waals surface area contributed by atoms with E-state index in [0.29, 0.717) is 28.4 Å². The number of para-hydroxylation sites is 1. The molecule has 0 radical (unpaired) electrons. The second kappa shape index (κ2) is 10.8. The summed E-state index contributed by atoms with van der Waals surface area (Å²) in [5.74, 6) is 0.638. The van der Waals surface area contributed by atoms with Crippen LogP contribution in [0.15, 0.2) is 119 Å². The van der Waals surface area contributed by atoms with E-state index in [0.717, 1.165) is 38.9 Å². The zero-order valence-corrected chi connectivity index (χ0v) is 23.7. The number of phenolic OH excluding ortho intramolecular Hbond substituents is 1. The number of phenols is 1. The quantitative estimate of drug-likeness (QED) is 0.172. The number of benzene rings is 5. The van der Waals surface area contributed by atoms with Gasteiger partial charge in [-0.3, -0.25) is 4.99 Å². The summed E-state index contributed by atoms with van der Waals surface area (Å²) in [5.41, 5.74) is 9.09. The second-order valence-electron chi connectivity index (χ2n) is 11.2. The summed E-state index contributed by atoms with van der Waals surface area (Å²) >= 11 is 0. The predicted molar refractivity (Wildman–Crippen MR) is 171 cm³/mol. The van der Waals surface area contributed by atoms with E-state index >= 15 is 0 Å². The minimum atomic E-state index is -0.0549. The summed E-state index contributed by atoms with van der Waals surface area (Å²) in [6.07, 6.45) is 1.69.